The summed E-state index contributed by atoms with van der Waals surface area (Å²) in [6, 6.07) is 4.70. The van der Waals surface area contributed by atoms with E-state index in [4.69, 9.17) is 15.2 Å². The number of hydrogen-bond acceptors (Lipinski definition) is 4. The zero-order chi connectivity index (χ0) is 18.5. The SMILES string of the molecule is CCOc1cc2c(cc1CN=C(N)NCC1CCCN1CC)OC(C)C2.I. The van der Waals surface area contributed by atoms with Gasteiger partial charge in [0.2, 0.25) is 0 Å². The summed E-state index contributed by atoms with van der Waals surface area (Å²) in [7, 11) is 0. The first-order chi connectivity index (χ1) is 12.6. The number of benzene rings is 1. The third-order valence-electron chi connectivity index (χ3n) is 5.22. The molecule has 1 aromatic carbocycles. The van der Waals surface area contributed by atoms with Gasteiger partial charge in [0.15, 0.2) is 5.96 Å². The maximum absolute atomic E-state index is 6.09. The number of likely N-dealkylation sites (tertiary alicyclic amines) is 1. The van der Waals surface area contributed by atoms with Crippen molar-refractivity contribution in [1.29, 1.82) is 0 Å². The van der Waals surface area contributed by atoms with Gasteiger partial charge in [0.05, 0.1) is 13.2 Å². The van der Waals surface area contributed by atoms with Crippen LogP contribution < -0.4 is 20.5 Å². The lowest BCUT2D eigenvalue weighted by atomic mass is 10.1. The molecule has 2 unspecified atom stereocenters. The highest BCUT2D eigenvalue weighted by molar-refractivity contribution is 14.0. The Morgan fingerprint density at radius 3 is 2.96 bits per heavy atom. The van der Waals surface area contributed by atoms with Gasteiger partial charge in [-0.05, 0) is 51.9 Å². The summed E-state index contributed by atoms with van der Waals surface area (Å²) in [6.45, 7) is 10.5. The Balaban J connectivity index is 0.00000261. The van der Waals surface area contributed by atoms with Crippen molar-refractivity contribution in [3.8, 4) is 11.5 Å². The van der Waals surface area contributed by atoms with Crippen molar-refractivity contribution in [2.45, 2.75) is 58.7 Å². The summed E-state index contributed by atoms with van der Waals surface area (Å²) >= 11 is 0. The van der Waals surface area contributed by atoms with Gasteiger partial charge in [-0.3, -0.25) is 4.90 Å². The number of aliphatic imine (C=N–C) groups is 1. The number of halogens is 1. The predicted molar refractivity (Wildman–Crippen MR) is 120 cm³/mol. The molecule has 3 rings (SSSR count). The van der Waals surface area contributed by atoms with E-state index in [1.165, 1.54) is 24.9 Å². The van der Waals surface area contributed by atoms with E-state index in [2.05, 4.69) is 41.2 Å². The fraction of sp³-hybridized carbons (Fsp3) is 0.650. The highest BCUT2D eigenvalue weighted by Crippen LogP contribution is 2.35. The zero-order valence-electron chi connectivity index (χ0n) is 16.7. The first kappa shape index (κ1) is 22.1. The molecule has 2 aliphatic heterocycles. The van der Waals surface area contributed by atoms with Crippen LogP contribution in [0.2, 0.25) is 0 Å². The van der Waals surface area contributed by atoms with Crippen LogP contribution in [-0.2, 0) is 13.0 Å². The Kier molecular flexibility index (Phi) is 8.47. The van der Waals surface area contributed by atoms with Crippen LogP contribution in [0.25, 0.3) is 0 Å². The number of likely N-dealkylation sites (N-methyl/N-ethyl adjacent to an activating group) is 1. The van der Waals surface area contributed by atoms with Gasteiger partial charge >= 0.3 is 0 Å². The van der Waals surface area contributed by atoms with Gasteiger partial charge in [0.1, 0.15) is 17.6 Å². The number of nitrogens with one attached hydrogen (secondary N) is 1. The van der Waals surface area contributed by atoms with E-state index in [0.717, 1.165) is 36.6 Å². The number of guanidine groups is 1. The van der Waals surface area contributed by atoms with E-state index in [1.54, 1.807) is 0 Å². The molecule has 152 valence electrons. The Morgan fingerprint density at radius 1 is 1.41 bits per heavy atom. The molecule has 2 atom stereocenters. The van der Waals surface area contributed by atoms with Gasteiger partial charge in [-0.2, -0.15) is 0 Å². The van der Waals surface area contributed by atoms with E-state index in [1.807, 2.05) is 6.92 Å². The van der Waals surface area contributed by atoms with Crippen LogP contribution in [0.4, 0.5) is 0 Å². The number of nitrogens with zero attached hydrogens (tertiary/aromatic N) is 2. The second-order valence-corrected chi connectivity index (χ2v) is 7.14. The highest BCUT2D eigenvalue weighted by Gasteiger charge is 2.23. The van der Waals surface area contributed by atoms with Crippen molar-refractivity contribution in [3.63, 3.8) is 0 Å². The number of rotatable bonds is 7. The summed E-state index contributed by atoms with van der Waals surface area (Å²) in [4.78, 5) is 7.02. The number of nitrogens with two attached hydrogens (primary N) is 1. The lowest BCUT2D eigenvalue weighted by Crippen LogP contribution is -2.42. The van der Waals surface area contributed by atoms with Crippen molar-refractivity contribution in [3.05, 3.63) is 23.3 Å². The van der Waals surface area contributed by atoms with Crippen molar-refractivity contribution >= 4 is 29.9 Å². The summed E-state index contributed by atoms with van der Waals surface area (Å²) in [5.74, 6) is 2.32. The molecule has 27 heavy (non-hydrogen) atoms. The molecular weight excluding hydrogens is 455 g/mol. The van der Waals surface area contributed by atoms with Crippen LogP contribution in [0.5, 0.6) is 11.5 Å². The maximum atomic E-state index is 6.09. The van der Waals surface area contributed by atoms with E-state index in [0.29, 0.717) is 25.2 Å². The second kappa shape index (κ2) is 10.4. The molecule has 1 saturated heterocycles. The molecular formula is C20H33IN4O2. The first-order valence-corrected chi connectivity index (χ1v) is 9.83. The lowest BCUT2D eigenvalue weighted by Gasteiger charge is -2.23. The quantitative estimate of drug-likeness (QED) is 0.351. The van der Waals surface area contributed by atoms with Gasteiger partial charge < -0.3 is 20.5 Å². The smallest absolute Gasteiger partial charge is 0.188 e. The largest absolute Gasteiger partial charge is 0.494 e. The summed E-state index contributed by atoms with van der Waals surface area (Å²) in [5, 5.41) is 3.28. The molecule has 1 aromatic rings. The third-order valence-corrected chi connectivity index (χ3v) is 5.22. The molecule has 0 bridgehead atoms. The topological polar surface area (TPSA) is 72.1 Å². The van der Waals surface area contributed by atoms with Crippen molar-refractivity contribution < 1.29 is 9.47 Å². The molecule has 0 aromatic heterocycles. The summed E-state index contributed by atoms with van der Waals surface area (Å²) < 4.78 is 11.7. The Morgan fingerprint density at radius 2 is 2.22 bits per heavy atom. The molecule has 2 heterocycles. The minimum atomic E-state index is 0. The maximum Gasteiger partial charge on any atom is 0.188 e. The van der Waals surface area contributed by atoms with E-state index >= 15 is 0 Å². The Hall–Kier alpha value is -1.22. The standard InChI is InChI=1S/C20H32N4O2.HI/c1-4-24-8-6-7-17(24)13-23-20(21)22-12-16-11-19-15(9-14(3)26-19)10-18(16)25-5-2;/h10-11,14,17H,4-9,12-13H2,1-3H3,(H3,21,22,23);1H. The average Bonchev–Trinajstić information content (AvgIpc) is 3.22. The molecule has 0 radical (unpaired) electrons. The average molecular weight is 488 g/mol. The molecule has 7 heteroatoms. The molecule has 2 aliphatic rings. The first-order valence-electron chi connectivity index (χ1n) is 9.83. The van der Waals surface area contributed by atoms with E-state index < -0.39 is 0 Å². The van der Waals surface area contributed by atoms with Crippen LogP contribution in [0, 0.1) is 0 Å². The molecule has 1 fully saturated rings. The molecule has 3 N–H and O–H groups in total. The van der Waals surface area contributed by atoms with Gasteiger partial charge in [-0.15, -0.1) is 24.0 Å². The second-order valence-electron chi connectivity index (χ2n) is 7.14. The molecule has 6 nitrogen and oxygen atoms in total. The third kappa shape index (κ3) is 5.63. The van der Waals surface area contributed by atoms with Crippen LogP contribution in [0.1, 0.15) is 44.7 Å². The minimum absolute atomic E-state index is 0. The van der Waals surface area contributed by atoms with Crippen LogP contribution in [-0.4, -0.2) is 49.2 Å². The van der Waals surface area contributed by atoms with Gasteiger partial charge in [0, 0.05) is 30.1 Å². The van der Waals surface area contributed by atoms with Crippen molar-refractivity contribution in [2.24, 2.45) is 10.7 Å². The Bertz CT molecular complexity index is 653. The fourth-order valence-corrected chi connectivity index (χ4v) is 3.89. The Labute approximate surface area is 179 Å². The van der Waals surface area contributed by atoms with Crippen LogP contribution >= 0.6 is 24.0 Å². The van der Waals surface area contributed by atoms with E-state index in [-0.39, 0.29) is 30.1 Å². The molecule has 0 aliphatic carbocycles. The predicted octanol–water partition coefficient (Wildman–Crippen LogP) is 2.92. The number of fused-ring (bicyclic) bond motifs is 1. The van der Waals surface area contributed by atoms with Crippen molar-refractivity contribution in [2.75, 3.05) is 26.2 Å². The molecule has 0 amide bonds. The fourth-order valence-electron chi connectivity index (χ4n) is 3.89. The van der Waals surface area contributed by atoms with Gasteiger partial charge in [-0.25, -0.2) is 4.99 Å². The minimum Gasteiger partial charge on any atom is -0.494 e. The van der Waals surface area contributed by atoms with Crippen LogP contribution in [0.15, 0.2) is 17.1 Å². The van der Waals surface area contributed by atoms with Gasteiger partial charge in [0.25, 0.3) is 0 Å². The van der Waals surface area contributed by atoms with Crippen LogP contribution in [0.3, 0.4) is 0 Å². The monoisotopic (exact) mass is 488 g/mol. The lowest BCUT2D eigenvalue weighted by molar-refractivity contribution is 0.254. The van der Waals surface area contributed by atoms with Gasteiger partial charge in [-0.1, -0.05) is 6.92 Å². The molecule has 0 spiro atoms. The zero-order valence-corrected chi connectivity index (χ0v) is 19.0. The highest BCUT2D eigenvalue weighted by atomic mass is 127. The summed E-state index contributed by atoms with van der Waals surface area (Å²) in [6.07, 6.45) is 3.64. The molecule has 0 saturated carbocycles. The normalized spacial score (nSPS) is 22.1. The van der Waals surface area contributed by atoms with Crippen molar-refractivity contribution in [1.82, 2.24) is 10.2 Å². The summed E-state index contributed by atoms with van der Waals surface area (Å²) in [5.41, 5.74) is 8.32. The van der Waals surface area contributed by atoms with E-state index in [9.17, 15) is 0 Å². The number of ether oxygens (including phenoxy) is 2. The number of hydrogen-bond donors (Lipinski definition) is 2.